The van der Waals surface area contributed by atoms with Crippen molar-refractivity contribution in [2.75, 3.05) is 6.54 Å². The van der Waals surface area contributed by atoms with Gasteiger partial charge in [-0.15, -0.1) is 0 Å². The number of hydrogen-bond donors (Lipinski definition) is 2. The molecule has 1 amide bonds. The first kappa shape index (κ1) is 6.60. The van der Waals surface area contributed by atoms with E-state index in [2.05, 4.69) is 10.4 Å². The van der Waals surface area contributed by atoms with Crippen molar-refractivity contribution in [1.29, 1.82) is 0 Å². The number of amides is 1. The highest BCUT2D eigenvalue weighted by Crippen LogP contribution is 1.88. The van der Waals surface area contributed by atoms with Gasteiger partial charge < -0.3 is 5.11 Å². The number of hydrogen-bond acceptors (Lipinski definition) is 3. The van der Waals surface area contributed by atoms with E-state index in [0.717, 1.165) is 0 Å². The third-order valence-corrected chi connectivity index (χ3v) is 0.956. The Labute approximate surface area is 57.6 Å². The standard InChI is InChI=1S/C5H7N3O2/c9-5(10)7-8-3-1-6-2-4-8/h1-3,7H,4H2,(H,9,10). The molecule has 0 saturated carbocycles. The van der Waals surface area contributed by atoms with Gasteiger partial charge in [0, 0.05) is 18.6 Å². The second-order valence-corrected chi connectivity index (χ2v) is 1.70. The maximum absolute atomic E-state index is 10.0. The minimum atomic E-state index is -1.07. The minimum absolute atomic E-state index is 0.475. The fourth-order valence-corrected chi connectivity index (χ4v) is 0.582. The zero-order valence-electron chi connectivity index (χ0n) is 5.19. The smallest absolute Gasteiger partial charge is 0.423 e. The summed E-state index contributed by atoms with van der Waals surface area (Å²) in [6, 6.07) is 0. The second-order valence-electron chi connectivity index (χ2n) is 1.70. The molecule has 5 heteroatoms. The molecule has 1 aliphatic rings. The molecular weight excluding hydrogens is 134 g/mol. The largest absolute Gasteiger partial charge is 0.464 e. The highest BCUT2D eigenvalue weighted by molar-refractivity contribution is 5.66. The molecular formula is C5H7N3O2. The van der Waals surface area contributed by atoms with Crippen LogP contribution < -0.4 is 5.43 Å². The van der Waals surface area contributed by atoms with E-state index in [-0.39, 0.29) is 0 Å². The van der Waals surface area contributed by atoms with Crippen molar-refractivity contribution in [2.45, 2.75) is 0 Å². The molecule has 0 atom stereocenters. The fourth-order valence-electron chi connectivity index (χ4n) is 0.582. The van der Waals surface area contributed by atoms with Gasteiger partial charge in [0.05, 0.1) is 6.54 Å². The Hall–Kier alpha value is -1.52. The molecule has 0 aliphatic carbocycles. The Bertz CT molecular complexity index is 187. The SMILES string of the molecule is O=C(O)NN1C=CN=CC1. The Morgan fingerprint density at radius 1 is 1.80 bits per heavy atom. The predicted molar refractivity (Wildman–Crippen MR) is 35.5 cm³/mol. The highest BCUT2D eigenvalue weighted by Gasteiger charge is 2.01. The molecule has 0 spiro atoms. The first-order valence-corrected chi connectivity index (χ1v) is 2.73. The summed E-state index contributed by atoms with van der Waals surface area (Å²) in [5.74, 6) is 0. The second kappa shape index (κ2) is 2.86. The molecule has 1 heterocycles. The molecule has 10 heavy (non-hydrogen) atoms. The van der Waals surface area contributed by atoms with Crippen LogP contribution in [0.15, 0.2) is 17.4 Å². The van der Waals surface area contributed by atoms with E-state index in [1.807, 2.05) is 0 Å². The van der Waals surface area contributed by atoms with Crippen molar-refractivity contribution in [1.82, 2.24) is 10.4 Å². The van der Waals surface area contributed by atoms with Gasteiger partial charge in [0.15, 0.2) is 0 Å². The van der Waals surface area contributed by atoms with E-state index < -0.39 is 6.09 Å². The van der Waals surface area contributed by atoms with Gasteiger partial charge in [0.1, 0.15) is 0 Å². The quantitative estimate of drug-likeness (QED) is 0.541. The molecule has 0 fully saturated rings. The van der Waals surface area contributed by atoms with Crippen molar-refractivity contribution < 1.29 is 9.90 Å². The number of carbonyl (C=O) groups is 1. The van der Waals surface area contributed by atoms with Crippen LogP contribution in [0.3, 0.4) is 0 Å². The van der Waals surface area contributed by atoms with Crippen LogP contribution in [-0.2, 0) is 0 Å². The summed E-state index contributed by atoms with van der Waals surface area (Å²) in [7, 11) is 0. The van der Waals surface area contributed by atoms with Gasteiger partial charge in [0.2, 0.25) is 0 Å². The summed E-state index contributed by atoms with van der Waals surface area (Å²) >= 11 is 0. The summed E-state index contributed by atoms with van der Waals surface area (Å²) in [6.45, 7) is 0.475. The molecule has 5 nitrogen and oxygen atoms in total. The maximum atomic E-state index is 10.0. The lowest BCUT2D eigenvalue weighted by molar-refractivity contribution is 0.168. The van der Waals surface area contributed by atoms with Crippen molar-refractivity contribution in [3.8, 4) is 0 Å². The van der Waals surface area contributed by atoms with Crippen LogP contribution in [0.5, 0.6) is 0 Å². The molecule has 0 aromatic heterocycles. The zero-order valence-corrected chi connectivity index (χ0v) is 5.19. The van der Waals surface area contributed by atoms with Gasteiger partial charge in [-0.2, -0.15) is 0 Å². The van der Waals surface area contributed by atoms with E-state index in [0.29, 0.717) is 6.54 Å². The van der Waals surface area contributed by atoms with Crippen LogP contribution in [0, 0.1) is 0 Å². The van der Waals surface area contributed by atoms with Crippen molar-refractivity contribution in [2.24, 2.45) is 4.99 Å². The van der Waals surface area contributed by atoms with E-state index >= 15 is 0 Å². The van der Waals surface area contributed by atoms with Crippen LogP contribution in [-0.4, -0.2) is 29.0 Å². The average Bonchev–Trinajstić information content (AvgIpc) is 1.88. The Morgan fingerprint density at radius 3 is 3.10 bits per heavy atom. The lowest BCUT2D eigenvalue weighted by atomic mass is 10.6. The molecule has 0 saturated heterocycles. The third-order valence-electron chi connectivity index (χ3n) is 0.956. The summed E-state index contributed by atoms with van der Waals surface area (Å²) in [5.41, 5.74) is 2.15. The van der Waals surface area contributed by atoms with Crippen LogP contribution >= 0.6 is 0 Å². The van der Waals surface area contributed by atoms with Gasteiger partial charge in [0.25, 0.3) is 0 Å². The van der Waals surface area contributed by atoms with Gasteiger partial charge >= 0.3 is 6.09 Å². The topological polar surface area (TPSA) is 64.9 Å². The Balaban J connectivity index is 2.37. The predicted octanol–water partition coefficient (Wildman–Crippen LogP) is 0.0266. The number of nitrogens with one attached hydrogen (secondary N) is 1. The number of hydrazine groups is 1. The minimum Gasteiger partial charge on any atom is -0.464 e. The monoisotopic (exact) mass is 141 g/mol. The molecule has 0 bridgehead atoms. The van der Waals surface area contributed by atoms with Gasteiger partial charge in [-0.1, -0.05) is 0 Å². The molecule has 54 valence electrons. The number of carboxylic acid groups (broad SMARTS) is 1. The van der Waals surface area contributed by atoms with Crippen LogP contribution in [0.1, 0.15) is 0 Å². The van der Waals surface area contributed by atoms with Gasteiger partial charge in [-0.05, 0) is 0 Å². The fraction of sp³-hybridized carbons (Fsp3) is 0.200. The molecule has 0 aromatic carbocycles. The first-order chi connectivity index (χ1) is 4.79. The molecule has 0 aromatic rings. The summed E-state index contributed by atoms with van der Waals surface area (Å²) in [4.78, 5) is 13.8. The van der Waals surface area contributed by atoms with Crippen molar-refractivity contribution in [3.05, 3.63) is 12.4 Å². The first-order valence-electron chi connectivity index (χ1n) is 2.73. The highest BCUT2D eigenvalue weighted by atomic mass is 16.4. The number of aliphatic imine (C=N–C) groups is 1. The maximum Gasteiger partial charge on any atom is 0.423 e. The van der Waals surface area contributed by atoms with Crippen molar-refractivity contribution >= 4 is 12.3 Å². The van der Waals surface area contributed by atoms with Gasteiger partial charge in [-0.3, -0.25) is 10.0 Å². The van der Waals surface area contributed by atoms with Gasteiger partial charge in [-0.25, -0.2) is 10.2 Å². The lowest BCUT2D eigenvalue weighted by Gasteiger charge is -2.17. The molecule has 1 aliphatic heterocycles. The number of rotatable bonds is 1. The molecule has 1 rings (SSSR count). The van der Waals surface area contributed by atoms with E-state index in [4.69, 9.17) is 5.11 Å². The zero-order chi connectivity index (χ0) is 7.40. The third kappa shape index (κ3) is 1.77. The Kier molecular flexibility index (Phi) is 1.89. The van der Waals surface area contributed by atoms with Crippen LogP contribution in [0.25, 0.3) is 0 Å². The molecule has 0 unspecified atom stereocenters. The van der Waals surface area contributed by atoms with E-state index in [9.17, 15) is 4.79 Å². The van der Waals surface area contributed by atoms with E-state index in [1.165, 1.54) is 11.2 Å². The normalized spacial score (nSPS) is 15.4. The molecule has 2 N–H and O–H groups in total. The van der Waals surface area contributed by atoms with Crippen LogP contribution in [0.2, 0.25) is 0 Å². The lowest BCUT2D eigenvalue weighted by Crippen LogP contribution is -2.39. The summed E-state index contributed by atoms with van der Waals surface area (Å²) < 4.78 is 0. The van der Waals surface area contributed by atoms with Crippen LogP contribution in [0.4, 0.5) is 4.79 Å². The number of nitrogens with zero attached hydrogens (tertiary/aromatic N) is 2. The van der Waals surface area contributed by atoms with Crippen molar-refractivity contribution in [3.63, 3.8) is 0 Å². The average molecular weight is 141 g/mol. The Morgan fingerprint density at radius 2 is 2.60 bits per heavy atom. The summed E-state index contributed by atoms with van der Waals surface area (Å²) in [6.07, 6.45) is 3.60. The molecule has 0 radical (unpaired) electrons. The van der Waals surface area contributed by atoms with E-state index in [1.54, 1.807) is 12.4 Å². The summed E-state index contributed by atoms with van der Waals surface area (Å²) in [5, 5.41) is 9.65.